The summed E-state index contributed by atoms with van der Waals surface area (Å²) in [6.07, 6.45) is 5.58. The summed E-state index contributed by atoms with van der Waals surface area (Å²) in [4.78, 5) is 10.6. The molecule has 0 amide bonds. The molecular formula is C46H31N3S. The second-order valence-corrected chi connectivity index (χ2v) is 14.0. The van der Waals surface area contributed by atoms with Crippen molar-refractivity contribution in [2.24, 2.45) is 0 Å². The van der Waals surface area contributed by atoms with Crippen molar-refractivity contribution in [1.82, 2.24) is 14.5 Å². The molecule has 0 radical (unpaired) electrons. The SMILES string of the molecule is C1=CC(c2ccccc2)Cc2c1n(-c1nc(-c3ccccc3)cc(-c3ccccc3)n1)c1ccc3sc4ccc(-c5ccccc5)cc4c3c21. The zero-order valence-electron chi connectivity index (χ0n) is 27.2. The van der Waals surface area contributed by atoms with Crippen LogP contribution < -0.4 is 0 Å². The van der Waals surface area contributed by atoms with Crippen LogP contribution in [0.5, 0.6) is 0 Å². The first-order valence-electron chi connectivity index (χ1n) is 17.1. The molecule has 3 nitrogen and oxygen atoms in total. The van der Waals surface area contributed by atoms with Crippen LogP contribution in [-0.2, 0) is 6.42 Å². The fourth-order valence-corrected chi connectivity index (χ4v) is 8.72. The van der Waals surface area contributed by atoms with Crippen molar-refractivity contribution in [3.8, 4) is 39.6 Å². The van der Waals surface area contributed by atoms with Gasteiger partial charge in [-0.2, -0.15) is 0 Å². The molecule has 50 heavy (non-hydrogen) atoms. The molecule has 0 saturated heterocycles. The van der Waals surface area contributed by atoms with Gasteiger partial charge in [0, 0.05) is 42.6 Å². The van der Waals surface area contributed by atoms with Gasteiger partial charge in [0.25, 0.3) is 0 Å². The lowest BCUT2D eigenvalue weighted by Gasteiger charge is -2.19. The van der Waals surface area contributed by atoms with E-state index in [1.54, 1.807) is 0 Å². The molecule has 10 rings (SSSR count). The highest BCUT2D eigenvalue weighted by atomic mass is 32.1. The van der Waals surface area contributed by atoms with Crippen LogP contribution in [0.15, 0.2) is 164 Å². The van der Waals surface area contributed by atoms with E-state index in [9.17, 15) is 0 Å². The number of benzene rings is 6. The van der Waals surface area contributed by atoms with Crippen molar-refractivity contribution < 1.29 is 0 Å². The number of nitrogens with zero attached hydrogens (tertiary/aromatic N) is 3. The van der Waals surface area contributed by atoms with Crippen LogP contribution in [-0.4, -0.2) is 14.5 Å². The number of aromatic nitrogens is 3. The summed E-state index contributed by atoms with van der Waals surface area (Å²) in [5.41, 5.74) is 11.4. The van der Waals surface area contributed by atoms with Gasteiger partial charge in [0.2, 0.25) is 5.95 Å². The fourth-order valence-electron chi connectivity index (χ4n) is 7.62. The third kappa shape index (κ3) is 4.80. The molecular weight excluding hydrogens is 627 g/mol. The maximum Gasteiger partial charge on any atom is 0.235 e. The minimum absolute atomic E-state index is 0.277. The number of hydrogen-bond acceptors (Lipinski definition) is 3. The molecule has 1 aliphatic rings. The van der Waals surface area contributed by atoms with Crippen molar-refractivity contribution in [2.75, 3.05) is 0 Å². The predicted octanol–water partition coefficient (Wildman–Crippen LogP) is 12.1. The molecule has 236 valence electrons. The molecule has 0 spiro atoms. The van der Waals surface area contributed by atoms with Gasteiger partial charge < -0.3 is 0 Å². The van der Waals surface area contributed by atoms with Crippen molar-refractivity contribution in [3.63, 3.8) is 0 Å². The van der Waals surface area contributed by atoms with Crippen LogP contribution in [0.2, 0.25) is 0 Å². The number of fused-ring (bicyclic) bond motifs is 7. The molecule has 3 heterocycles. The smallest absolute Gasteiger partial charge is 0.235 e. The molecule has 1 aliphatic carbocycles. The van der Waals surface area contributed by atoms with E-state index in [-0.39, 0.29) is 5.92 Å². The minimum atomic E-state index is 0.277. The molecule has 0 bridgehead atoms. The van der Waals surface area contributed by atoms with E-state index < -0.39 is 0 Å². The quantitative estimate of drug-likeness (QED) is 0.184. The molecule has 3 aromatic heterocycles. The first-order valence-corrected chi connectivity index (χ1v) is 17.9. The Morgan fingerprint density at radius 3 is 1.80 bits per heavy atom. The normalized spacial score (nSPS) is 14.0. The highest BCUT2D eigenvalue weighted by Crippen LogP contribution is 2.46. The van der Waals surface area contributed by atoms with Gasteiger partial charge in [0.1, 0.15) is 0 Å². The third-order valence-corrected chi connectivity index (χ3v) is 11.1. The molecule has 6 aromatic carbocycles. The summed E-state index contributed by atoms with van der Waals surface area (Å²) >= 11 is 1.87. The summed E-state index contributed by atoms with van der Waals surface area (Å²) in [5.74, 6) is 0.961. The Bertz CT molecular complexity index is 2650. The van der Waals surface area contributed by atoms with Crippen LogP contribution in [0, 0.1) is 0 Å². The van der Waals surface area contributed by atoms with Crippen LogP contribution in [0.1, 0.15) is 22.7 Å². The van der Waals surface area contributed by atoms with Gasteiger partial charge in [-0.05, 0) is 65.1 Å². The Labute approximate surface area is 294 Å². The topological polar surface area (TPSA) is 30.7 Å². The average Bonchev–Trinajstić information content (AvgIpc) is 3.74. The first kappa shape index (κ1) is 28.9. The van der Waals surface area contributed by atoms with E-state index in [2.05, 4.69) is 162 Å². The highest BCUT2D eigenvalue weighted by molar-refractivity contribution is 7.26. The van der Waals surface area contributed by atoms with E-state index in [4.69, 9.17) is 9.97 Å². The summed E-state index contributed by atoms with van der Waals surface area (Å²) in [5, 5.41) is 3.92. The van der Waals surface area contributed by atoms with Gasteiger partial charge in [0.15, 0.2) is 0 Å². The molecule has 9 aromatic rings. The fraction of sp³-hybridized carbons (Fsp3) is 0.0435. The minimum Gasteiger partial charge on any atom is -0.278 e. The van der Waals surface area contributed by atoms with E-state index in [0.29, 0.717) is 5.95 Å². The van der Waals surface area contributed by atoms with E-state index in [1.165, 1.54) is 47.8 Å². The lowest BCUT2D eigenvalue weighted by atomic mass is 9.86. The van der Waals surface area contributed by atoms with Crippen LogP contribution in [0.3, 0.4) is 0 Å². The zero-order chi connectivity index (χ0) is 33.0. The number of allylic oxidation sites excluding steroid dienone is 1. The Morgan fingerprint density at radius 1 is 0.540 bits per heavy atom. The maximum absolute atomic E-state index is 5.31. The van der Waals surface area contributed by atoms with Gasteiger partial charge in [-0.1, -0.05) is 133 Å². The maximum atomic E-state index is 5.31. The van der Waals surface area contributed by atoms with Gasteiger partial charge in [0.05, 0.1) is 22.6 Å². The summed E-state index contributed by atoms with van der Waals surface area (Å²) in [7, 11) is 0. The van der Waals surface area contributed by atoms with Gasteiger partial charge in [-0.3, -0.25) is 4.57 Å². The van der Waals surface area contributed by atoms with Crippen molar-refractivity contribution in [2.45, 2.75) is 12.3 Å². The highest BCUT2D eigenvalue weighted by Gasteiger charge is 2.27. The monoisotopic (exact) mass is 657 g/mol. The molecule has 1 atom stereocenters. The number of thiophene rings is 1. The standard InChI is InChI=1S/C46H31N3S/c1-5-13-30(14-6-1)34-21-23-40-36(27-34)44-41(24-26-43-45(44)37-28-35(22-25-42(37)50-43)31-15-7-2-8-16-31)49(40)46-47-38(32-17-9-3-10-18-32)29-39(48-46)33-19-11-4-12-20-33/h1-26,28-29,34H,27H2. The van der Waals surface area contributed by atoms with Crippen LogP contribution in [0.4, 0.5) is 0 Å². The second-order valence-electron chi connectivity index (χ2n) is 13.0. The Balaban J connectivity index is 1.28. The van der Waals surface area contributed by atoms with Crippen LogP contribution >= 0.6 is 11.3 Å². The van der Waals surface area contributed by atoms with E-state index in [0.717, 1.165) is 40.1 Å². The van der Waals surface area contributed by atoms with Gasteiger partial charge in [-0.15, -0.1) is 11.3 Å². The van der Waals surface area contributed by atoms with Gasteiger partial charge in [-0.25, -0.2) is 9.97 Å². The average molecular weight is 658 g/mol. The lowest BCUT2D eigenvalue weighted by molar-refractivity contribution is 0.820. The first-order chi connectivity index (χ1) is 24.8. The molecule has 0 saturated carbocycles. The van der Waals surface area contributed by atoms with Crippen molar-refractivity contribution in [1.29, 1.82) is 0 Å². The molecule has 0 fully saturated rings. The number of hydrogen-bond donors (Lipinski definition) is 0. The zero-order valence-corrected chi connectivity index (χ0v) is 28.0. The molecule has 0 aliphatic heterocycles. The Hall–Kier alpha value is -6.10. The van der Waals surface area contributed by atoms with Crippen molar-refractivity contribution >= 4 is 48.5 Å². The van der Waals surface area contributed by atoms with Crippen molar-refractivity contribution in [3.05, 3.63) is 181 Å². The lowest BCUT2D eigenvalue weighted by Crippen LogP contribution is -2.09. The summed E-state index contributed by atoms with van der Waals surface area (Å²) in [6, 6.07) is 56.1. The third-order valence-electron chi connectivity index (χ3n) is 10.0. The Morgan fingerprint density at radius 2 is 1.14 bits per heavy atom. The molecule has 4 heteroatoms. The van der Waals surface area contributed by atoms with Crippen LogP contribution in [0.25, 0.3) is 76.7 Å². The molecule has 1 unspecified atom stereocenters. The van der Waals surface area contributed by atoms with E-state index >= 15 is 0 Å². The van der Waals surface area contributed by atoms with E-state index in [1.807, 2.05) is 23.5 Å². The summed E-state index contributed by atoms with van der Waals surface area (Å²) in [6.45, 7) is 0. The second kappa shape index (κ2) is 11.8. The Kier molecular flexibility index (Phi) is 6.81. The predicted molar refractivity (Wildman–Crippen MR) is 210 cm³/mol. The number of rotatable bonds is 5. The van der Waals surface area contributed by atoms with Gasteiger partial charge >= 0.3 is 0 Å². The largest absolute Gasteiger partial charge is 0.278 e. The molecule has 0 N–H and O–H groups in total. The summed E-state index contributed by atoms with van der Waals surface area (Å²) < 4.78 is 4.91.